The Kier molecular flexibility index (Phi) is 6.96. The minimum atomic E-state index is -0.500. The van der Waals surface area contributed by atoms with Gasteiger partial charge in [-0.2, -0.15) is 0 Å². The monoisotopic (exact) mass is 487 g/mol. The normalized spacial score (nSPS) is 10.2. The number of alkyl carbamates (subject to hydrolysis) is 1. The van der Waals surface area contributed by atoms with Gasteiger partial charge in [-0.3, -0.25) is 9.78 Å². The van der Waals surface area contributed by atoms with Gasteiger partial charge < -0.3 is 15.4 Å². The Labute approximate surface area is 176 Å². The van der Waals surface area contributed by atoms with E-state index >= 15 is 0 Å². The van der Waals surface area contributed by atoms with E-state index in [9.17, 15) is 9.59 Å². The highest BCUT2D eigenvalue weighted by Gasteiger charge is 2.09. The number of pyridine rings is 1. The van der Waals surface area contributed by atoms with Gasteiger partial charge in [0.25, 0.3) is 5.91 Å². The Bertz CT molecular complexity index is 947. The molecule has 0 spiro atoms. The second-order valence-electron chi connectivity index (χ2n) is 5.92. The molecule has 28 heavy (non-hydrogen) atoms. The van der Waals surface area contributed by atoms with Gasteiger partial charge in [-0.05, 0) is 58.5 Å². The number of aromatic nitrogens is 1. The van der Waals surface area contributed by atoms with E-state index in [0.717, 1.165) is 14.7 Å². The fraction of sp³-hybridized carbons (Fsp3) is 0.0952. The van der Waals surface area contributed by atoms with Gasteiger partial charge in [0.15, 0.2) is 0 Å². The van der Waals surface area contributed by atoms with Gasteiger partial charge >= 0.3 is 6.09 Å². The van der Waals surface area contributed by atoms with Crippen LogP contribution in [-0.4, -0.2) is 17.0 Å². The zero-order chi connectivity index (χ0) is 19.8. The summed E-state index contributed by atoms with van der Waals surface area (Å²) in [5.41, 5.74) is 3.04. The van der Waals surface area contributed by atoms with Crippen molar-refractivity contribution in [1.82, 2.24) is 10.3 Å². The lowest BCUT2D eigenvalue weighted by molar-refractivity contribution is 0.102. The van der Waals surface area contributed by atoms with Gasteiger partial charge in [0, 0.05) is 33.8 Å². The first-order valence-electron chi connectivity index (χ1n) is 8.56. The fourth-order valence-electron chi connectivity index (χ4n) is 2.41. The number of carbonyl (C=O) groups excluding carboxylic acids is 2. The van der Waals surface area contributed by atoms with Crippen LogP contribution < -0.4 is 10.6 Å². The van der Waals surface area contributed by atoms with Crippen LogP contribution in [0.2, 0.25) is 0 Å². The van der Waals surface area contributed by atoms with E-state index < -0.39 is 6.09 Å². The van der Waals surface area contributed by atoms with Crippen LogP contribution in [-0.2, 0) is 17.9 Å². The second-order valence-corrected chi connectivity index (χ2v) is 7.08. The van der Waals surface area contributed by atoms with E-state index in [1.165, 1.54) is 0 Å². The first-order chi connectivity index (χ1) is 13.6. The average molecular weight is 487 g/mol. The van der Waals surface area contributed by atoms with Crippen molar-refractivity contribution in [1.29, 1.82) is 0 Å². The molecule has 142 valence electrons. The van der Waals surface area contributed by atoms with Crippen molar-refractivity contribution in [3.63, 3.8) is 0 Å². The maximum absolute atomic E-state index is 12.3. The summed E-state index contributed by atoms with van der Waals surface area (Å²) < 4.78 is 6.03. The number of nitrogens with zero attached hydrogens (tertiary/aromatic N) is 1. The van der Waals surface area contributed by atoms with Crippen LogP contribution in [0.1, 0.15) is 21.5 Å². The largest absolute Gasteiger partial charge is 0.445 e. The Morgan fingerprint density at radius 1 is 0.964 bits per heavy atom. The number of amides is 2. The van der Waals surface area contributed by atoms with Crippen LogP contribution in [0, 0.1) is 3.57 Å². The SMILES string of the molecule is O=C(NCc1ccc(NC(=O)c2ccccc2I)cc1)OCc1cccnc1. The summed E-state index contributed by atoms with van der Waals surface area (Å²) in [5.74, 6) is -0.158. The predicted molar refractivity (Wildman–Crippen MR) is 115 cm³/mol. The molecule has 0 fully saturated rings. The Balaban J connectivity index is 1.47. The van der Waals surface area contributed by atoms with E-state index in [1.807, 2.05) is 36.4 Å². The third-order valence-electron chi connectivity index (χ3n) is 3.86. The Hall–Kier alpha value is -2.94. The van der Waals surface area contributed by atoms with Crippen molar-refractivity contribution < 1.29 is 14.3 Å². The van der Waals surface area contributed by atoms with Gasteiger partial charge in [-0.25, -0.2) is 4.79 Å². The van der Waals surface area contributed by atoms with Gasteiger partial charge in [-0.15, -0.1) is 0 Å². The van der Waals surface area contributed by atoms with E-state index in [1.54, 1.807) is 36.7 Å². The molecule has 0 aliphatic rings. The molecule has 7 heteroatoms. The van der Waals surface area contributed by atoms with Crippen LogP contribution in [0.5, 0.6) is 0 Å². The minimum absolute atomic E-state index is 0.158. The fourth-order valence-corrected chi connectivity index (χ4v) is 3.04. The summed E-state index contributed by atoms with van der Waals surface area (Å²) in [5, 5.41) is 5.56. The lowest BCUT2D eigenvalue weighted by Crippen LogP contribution is -2.23. The molecule has 0 saturated heterocycles. The molecule has 1 heterocycles. The lowest BCUT2D eigenvalue weighted by atomic mass is 10.2. The van der Waals surface area contributed by atoms with Crippen molar-refractivity contribution in [2.45, 2.75) is 13.2 Å². The Morgan fingerprint density at radius 3 is 2.46 bits per heavy atom. The summed E-state index contributed by atoms with van der Waals surface area (Å²) in [6.07, 6.45) is 2.81. The van der Waals surface area contributed by atoms with Crippen molar-refractivity contribution in [2.24, 2.45) is 0 Å². The highest BCUT2D eigenvalue weighted by atomic mass is 127. The minimum Gasteiger partial charge on any atom is -0.445 e. The third-order valence-corrected chi connectivity index (χ3v) is 4.80. The number of hydrogen-bond acceptors (Lipinski definition) is 4. The van der Waals surface area contributed by atoms with Crippen LogP contribution >= 0.6 is 22.6 Å². The zero-order valence-electron chi connectivity index (χ0n) is 14.9. The molecule has 0 aliphatic carbocycles. The maximum Gasteiger partial charge on any atom is 0.407 e. The number of nitrogens with one attached hydrogen (secondary N) is 2. The molecular formula is C21H18IN3O3. The van der Waals surface area contributed by atoms with Gasteiger partial charge in [0.05, 0.1) is 5.56 Å². The molecule has 2 N–H and O–H groups in total. The molecule has 6 nitrogen and oxygen atoms in total. The second kappa shape index (κ2) is 9.84. The molecule has 1 aromatic heterocycles. The standard InChI is InChI=1S/C21H18IN3O3/c22-19-6-2-1-5-18(19)20(26)25-17-9-7-15(8-10-17)13-24-21(27)28-14-16-4-3-11-23-12-16/h1-12H,13-14H2,(H,24,27)(H,25,26). The van der Waals surface area contributed by atoms with E-state index in [2.05, 4.69) is 38.2 Å². The number of benzene rings is 2. The average Bonchev–Trinajstić information content (AvgIpc) is 2.73. The van der Waals surface area contributed by atoms with Crippen LogP contribution in [0.25, 0.3) is 0 Å². The molecule has 2 aromatic carbocycles. The number of hydrogen-bond donors (Lipinski definition) is 2. The summed E-state index contributed by atoms with van der Waals surface area (Å²) in [6, 6.07) is 18.3. The van der Waals surface area contributed by atoms with Gasteiger partial charge in [-0.1, -0.05) is 30.3 Å². The van der Waals surface area contributed by atoms with Gasteiger partial charge in [0.2, 0.25) is 0 Å². The topological polar surface area (TPSA) is 80.3 Å². The number of ether oxygens (including phenoxy) is 1. The molecular weight excluding hydrogens is 469 g/mol. The molecule has 3 aromatic rings. The molecule has 0 saturated carbocycles. The first-order valence-corrected chi connectivity index (χ1v) is 9.64. The van der Waals surface area contributed by atoms with Crippen molar-refractivity contribution in [3.8, 4) is 0 Å². The summed E-state index contributed by atoms with van der Waals surface area (Å²) in [4.78, 5) is 28.1. The molecule has 0 unspecified atom stereocenters. The van der Waals surface area contributed by atoms with Crippen molar-refractivity contribution >= 4 is 40.3 Å². The quantitative estimate of drug-likeness (QED) is 0.507. The number of anilines is 1. The number of rotatable bonds is 6. The predicted octanol–water partition coefficient (Wildman–Crippen LogP) is 4.36. The van der Waals surface area contributed by atoms with Gasteiger partial charge in [0.1, 0.15) is 6.61 Å². The zero-order valence-corrected chi connectivity index (χ0v) is 17.0. The molecule has 0 bridgehead atoms. The molecule has 3 rings (SSSR count). The molecule has 2 amide bonds. The van der Waals surface area contributed by atoms with Crippen molar-refractivity contribution in [2.75, 3.05) is 5.32 Å². The smallest absolute Gasteiger partial charge is 0.407 e. The molecule has 0 aliphatic heterocycles. The summed E-state index contributed by atoms with van der Waals surface area (Å²) in [6.45, 7) is 0.500. The Morgan fingerprint density at radius 2 is 1.75 bits per heavy atom. The summed E-state index contributed by atoms with van der Waals surface area (Å²) in [7, 11) is 0. The first kappa shape index (κ1) is 19.8. The molecule has 0 radical (unpaired) electrons. The third kappa shape index (κ3) is 5.78. The van der Waals surface area contributed by atoms with E-state index in [0.29, 0.717) is 17.8 Å². The summed E-state index contributed by atoms with van der Waals surface area (Å²) >= 11 is 2.13. The van der Waals surface area contributed by atoms with Crippen LogP contribution in [0.15, 0.2) is 73.1 Å². The maximum atomic E-state index is 12.3. The van der Waals surface area contributed by atoms with Crippen LogP contribution in [0.4, 0.5) is 10.5 Å². The highest BCUT2D eigenvalue weighted by Crippen LogP contribution is 2.15. The lowest BCUT2D eigenvalue weighted by Gasteiger charge is -2.09. The van der Waals surface area contributed by atoms with Crippen molar-refractivity contribution in [3.05, 3.63) is 93.3 Å². The van der Waals surface area contributed by atoms with E-state index in [-0.39, 0.29) is 12.5 Å². The number of carbonyl (C=O) groups is 2. The van der Waals surface area contributed by atoms with Crippen LogP contribution in [0.3, 0.4) is 0 Å². The molecule has 0 atom stereocenters. The van der Waals surface area contributed by atoms with E-state index in [4.69, 9.17) is 4.74 Å². The highest BCUT2D eigenvalue weighted by molar-refractivity contribution is 14.1. The number of halogens is 1.